The molecule has 0 unspecified atom stereocenters. The lowest BCUT2D eigenvalue weighted by Gasteiger charge is -2.18. The van der Waals surface area contributed by atoms with E-state index >= 15 is 0 Å². The van der Waals surface area contributed by atoms with Gasteiger partial charge in [0.1, 0.15) is 18.2 Å². The summed E-state index contributed by atoms with van der Waals surface area (Å²) in [5.41, 5.74) is 1.15. The second kappa shape index (κ2) is 8.58. The molecule has 160 valence electrons. The third-order valence-corrected chi connectivity index (χ3v) is 4.60. The molecule has 1 amide bonds. The summed E-state index contributed by atoms with van der Waals surface area (Å²) in [6, 6.07) is 9.31. The van der Waals surface area contributed by atoms with E-state index in [1.165, 1.54) is 12.4 Å². The number of benzene rings is 1. The van der Waals surface area contributed by atoms with Crippen molar-refractivity contribution in [1.29, 1.82) is 0 Å². The van der Waals surface area contributed by atoms with E-state index in [2.05, 4.69) is 25.6 Å². The minimum Gasteiger partial charge on any atom is -0.492 e. The predicted molar refractivity (Wildman–Crippen MR) is 108 cm³/mol. The molecule has 0 spiro atoms. The van der Waals surface area contributed by atoms with Crippen LogP contribution in [-0.4, -0.2) is 34.0 Å². The zero-order chi connectivity index (χ0) is 21.8. The highest BCUT2D eigenvalue weighted by atomic mass is 19.4. The Morgan fingerprint density at radius 2 is 1.87 bits per heavy atom. The molecule has 3 aromatic rings. The van der Waals surface area contributed by atoms with Crippen molar-refractivity contribution in [3.63, 3.8) is 0 Å². The highest BCUT2D eigenvalue weighted by molar-refractivity contribution is 5.94. The Kier molecular flexibility index (Phi) is 5.70. The Hall–Kier alpha value is -3.69. The molecule has 0 radical (unpaired) electrons. The summed E-state index contributed by atoms with van der Waals surface area (Å²) in [4.78, 5) is 23.1. The van der Waals surface area contributed by atoms with E-state index in [1.54, 1.807) is 24.3 Å². The number of aromatic nitrogens is 3. The minimum absolute atomic E-state index is 0.0143. The van der Waals surface area contributed by atoms with Gasteiger partial charge in [-0.25, -0.2) is 9.97 Å². The zero-order valence-electron chi connectivity index (χ0n) is 16.2. The van der Waals surface area contributed by atoms with Crippen molar-refractivity contribution in [2.24, 2.45) is 0 Å². The van der Waals surface area contributed by atoms with E-state index < -0.39 is 11.9 Å². The zero-order valence-corrected chi connectivity index (χ0v) is 16.2. The van der Waals surface area contributed by atoms with Gasteiger partial charge in [0.2, 0.25) is 5.91 Å². The first-order valence-electron chi connectivity index (χ1n) is 9.54. The highest BCUT2D eigenvalue weighted by Gasteiger charge is 2.33. The fourth-order valence-corrected chi connectivity index (χ4v) is 3.11. The van der Waals surface area contributed by atoms with Crippen LogP contribution < -0.4 is 15.4 Å². The molecule has 0 saturated heterocycles. The molecule has 0 saturated carbocycles. The molecular formula is C21H18F3N5O2. The normalized spacial score (nSPS) is 13.3. The van der Waals surface area contributed by atoms with Crippen LogP contribution in [0.25, 0.3) is 11.4 Å². The van der Waals surface area contributed by atoms with E-state index in [4.69, 9.17) is 4.74 Å². The molecule has 2 N–H and O–H groups in total. The Labute approximate surface area is 175 Å². The van der Waals surface area contributed by atoms with Crippen LogP contribution in [0.15, 0.2) is 48.8 Å². The standard InChI is InChI=1S/C21H18F3N5O2/c22-21(23,24)17-12-18(29-20(28-17)13-5-7-25-8-6-13)26-9-10-31-15-2-3-16-14(11-15)1-4-19(30)27-16/h2-3,5-8,11-12H,1,4,9-10H2,(H,27,30)(H,26,28,29). The number of carbonyl (C=O) groups is 1. The number of anilines is 2. The van der Waals surface area contributed by atoms with Gasteiger partial charge in [0.15, 0.2) is 11.5 Å². The second-order valence-corrected chi connectivity index (χ2v) is 6.84. The third-order valence-electron chi connectivity index (χ3n) is 4.60. The van der Waals surface area contributed by atoms with Gasteiger partial charge in [-0.3, -0.25) is 9.78 Å². The average molecular weight is 429 g/mol. The van der Waals surface area contributed by atoms with Crippen LogP contribution in [0.4, 0.5) is 24.7 Å². The molecule has 1 aliphatic rings. The Morgan fingerprint density at radius 3 is 2.65 bits per heavy atom. The first-order valence-corrected chi connectivity index (χ1v) is 9.54. The van der Waals surface area contributed by atoms with Crippen molar-refractivity contribution in [2.75, 3.05) is 23.8 Å². The molecule has 0 aliphatic carbocycles. The lowest BCUT2D eigenvalue weighted by atomic mass is 10.0. The fraction of sp³-hybridized carbons (Fsp3) is 0.238. The number of pyridine rings is 1. The summed E-state index contributed by atoms with van der Waals surface area (Å²) in [5.74, 6) is 0.607. The summed E-state index contributed by atoms with van der Waals surface area (Å²) in [6.45, 7) is 0.443. The van der Waals surface area contributed by atoms with Crippen LogP contribution in [0.2, 0.25) is 0 Å². The molecule has 0 atom stereocenters. The molecular weight excluding hydrogens is 411 g/mol. The van der Waals surface area contributed by atoms with Crippen molar-refractivity contribution < 1.29 is 22.7 Å². The van der Waals surface area contributed by atoms with Crippen molar-refractivity contribution in [2.45, 2.75) is 19.0 Å². The molecule has 1 aliphatic heterocycles. The molecule has 1 aromatic carbocycles. The quantitative estimate of drug-likeness (QED) is 0.577. The van der Waals surface area contributed by atoms with Crippen LogP contribution in [0, 0.1) is 0 Å². The van der Waals surface area contributed by atoms with Gasteiger partial charge in [0, 0.05) is 36.1 Å². The van der Waals surface area contributed by atoms with Gasteiger partial charge in [-0.1, -0.05) is 0 Å². The number of fused-ring (bicyclic) bond motifs is 1. The number of ether oxygens (including phenoxy) is 1. The van der Waals surface area contributed by atoms with Gasteiger partial charge in [-0.2, -0.15) is 13.2 Å². The summed E-state index contributed by atoms with van der Waals surface area (Å²) in [7, 11) is 0. The van der Waals surface area contributed by atoms with Crippen molar-refractivity contribution in [1.82, 2.24) is 15.0 Å². The average Bonchev–Trinajstić information content (AvgIpc) is 2.76. The van der Waals surface area contributed by atoms with Crippen LogP contribution >= 0.6 is 0 Å². The van der Waals surface area contributed by atoms with Gasteiger partial charge < -0.3 is 15.4 Å². The van der Waals surface area contributed by atoms with E-state index in [0.717, 1.165) is 17.3 Å². The molecule has 31 heavy (non-hydrogen) atoms. The third kappa shape index (κ3) is 5.08. The van der Waals surface area contributed by atoms with Gasteiger partial charge in [-0.15, -0.1) is 0 Å². The fourth-order valence-electron chi connectivity index (χ4n) is 3.11. The first kappa shape index (κ1) is 20.6. The lowest BCUT2D eigenvalue weighted by molar-refractivity contribution is -0.141. The van der Waals surface area contributed by atoms with Crippen molar-refractivity contribution in [3.05, 3.63) is 60.0 Å². The second-order valence-electron chi connectivity index (χ2n) is 6.84. The van der Waals surface area contributed by atoms with Gasteiger partial charge >= 0.3 is 6.18 Å². The highest BCUT2D eigenvalue weighted by Crippen LogP contribution is 2.31. The van der Waals surface area contributed by atoms with E-state index in [1.807, 2.05) is 6.07 Å². The molecule has 0 bridgehead atoms. The molecule has 4 rings (SSSR count). The van der Waals surface area contributed by atoms with Crippen LogP contribution in [0.3, 0.4) is 0 Å². The van der Waals surface area contributed by atoms with Gasteiger partial charge in [0.05, 0.1) is 6.54 Å². The number of hydrogen-bond donors (Lipinski definition) is 2. The van der Waals surface area contributed by atoms with E-state index in [-0.39, 0.29) is 30.7 Å². The number of alkyl halides is 3. The summed E-state index contributed by atoms with van der Waals surface area (Å²) >= 11 is 0. The maximum Gasteiger partial charge on any atom is 0.433 e. The number of amides is 1. The van der Waals surface area contributed by atoms with Crippen LogP contribution in [0.1, 0.15) is 17.7 Å². The summed E-state index contributed by atoms with van der Waals surface area (Å²) < 4.78 is 45.4. The SMILES string of the molecule is O=C1CCc2cc(OCCNc3cc(C(F)(F)F)nc(-c4ccncc4)n3)ccc2N1. The number of hydrogen-bond acceptors (Lipinski definition) is 6. The molecule has 7 nitrogen and oxygen atoms in total. The minimum atomic E-state index is -4.60. The topological polar surface area (TPSA) is 89.0 Å². The summed E-state index contributed by atoms with van der Waals surface area (Å²) in [5, 5.41) is 5.65. The Bertz CT molecular complexity index is 1090. The molecule has 10 heteroatoms. The van der Waals surface area contributed by atoms with Crippen molar-refractivity contribution >= 4 is 17.4 Å². The number of carbonyl (C=O) groups excluding carboxylic acids is 1. The maximum absolute atomic E-state index is 13.3. The van der Waals surface area contributed by atoms with Crippen LogP contribution in [-0.2, 0) is 17.4 Å². The predicted octanol–water partition coefficient (Wildman–Crippen LogP) is 3.93. The van der Waals surface area contributed by atoms with E-state index in [9.17, 15) is 18.0 Å². The Balaban J connectivity index is 1.42. The van der Waals surface area contributed by atoms with Gasteiger partial charge in [0.25, 0.3) is 0 Å². The Morgan fingerprint density at radius 1 is 1.06 bits per heavy atom. The maximum atomic E-state index is 13.3. The largest absolute Gasteiger partial charge is 0.492 e. The molecule has 2 aromatic heterocycles. The molecule has 3 heterocycles. The first-order chi connectivity index (χ1) is 14.9. The summed E-state index contributed by atoms with van der Waals surface area (Å²) in [6.07, 6.45) is -0.618. The van der Waals surface area contributed by atoms with Crippen molar-refractivity contribution in [3.8, 4) is 17.1 Å². The van der Waals surface area contributed by atoms with Gasteiger partial charge in [-0.05, 0) is 42.3 Å². The number of rotatable bonds is 6. The lowest BCUT2D eigenvalue weighted by Crippen LogP contribution is -2.19. The molecule has 0 fully saturated rings. The van der Waals surface area contributed by atoms with E-state index in [0.29, 0.717) is 24.2 Å². The number of halogens is 3. The smallest absolute Gasteiger partial charge is 0.433 e. The number of aryl methyl sites for hydroxylation is 1. The van der Waals surface area contributed by atoms with Crippen LogP contribution in [0.5, 0.6) is 5.75 Å². The number of nitrogens with one attached hydrogen (secondary N) is 2. The monoisotopic (exact) mass is 429 g/mol. The number of nitrogens with zero attached hydrogens (tertiary/aromatic N) is 3.